The number of imidazole rings is 1. The Bertz CT molecular complexity index is 482. The Balaban J connectivity index is 2.19. The third-order valence-corrected chi connectivity index (χ3v) is 4.89. The maximum Gasteiger partial charge on any atom is 0.262 e. The van der Waals surface area contributed by atoms with Crippen LogP contribution in [0.1, 0.15) is 13.3 Å². The summed E-state index contributed by atoms with van der Waals surface area (Å²) in [4.78, 5) is 3.97. The summed E-state index contributed by atoms with van der Waals surface area (Å²) in [6, 6.07) is 0.248. The average Bonchev–Trinajstić information content (AvgIpc) is 2.98. The number of aryl methyl sites for hydroxylation is 1. The fourth-order valence-electron chi connectivity index (χ4n) is 1.96. The van der Waals surface area contributed by atoms with Gasteiger partial charge in [0.25, 0.3) is 10.0 Å². The summed E-state index contributed by atoms with van der Waals surface area (Å²) in [5, 5.41) is 3.25. The number of aromatic nitrogens is 2. The highest BCUT2D eigenvalue weighted by Gasteiger charge is 2.33. The summed E-state index contributed by atoms with van der Waals surface area (Å²) in [6.07, 6.45) is 3.99. The van der Waals surface area contributed by atoms with Gasteiger partial charge in [-0.05, 0) is 20.4 Å². The van der Waals surface area contributed by atoms with Crippen LogP contribution in [0.15, 0.2) is 17.6 Å². The molecule has 1 aliphatic rings. The minimum atomic E-state index is -3.41. The Morgan fingerprint density at radius 2 is 2.35 bits per heavy atom. The van der Waals surface area contributed by atoms with Gasteiger partial charge in [-0.25, -0.2) is 13.4 Å². The molecule has 96 valence electrons. The summed E-state index contributed by atoms with van der Waals surface area (Å²) in [6.45, 7) is 3.76. The van der Waals surface area contributed by atoms with Crippen molar-refractivity contribution < 1.29 is 8.42 Å². The van der Waals surface area contributed by atoms with Crippen LogP contribution in [-0.2, 0) is 16.6 Å². The summed E-state index contributed by atoms with van der Waals surface area (Å²) < 4.78 is 27.8. The molecule has 0 radical (unpaired) electrons. The Kier molecular flexibility index (Phi) is 3.50. The van der Waals surface area contributed by atoms with Gasteiger partial charge in [-0.3, -0.25) is 0 Å². The molecule has 1 unspecified atom stereocenters. The number of sulfonamides is 1. The molecule has 0 spiro atoms. The maximum atomic E-state index is 12.2. The molecule has 1 aromatic rings. The van der Waals surface area contributed by atoms with Gasteiger partial charge in [0.2, 0.25) is 0 Å². The van der Waals surface area contributed by atoms with E-state index in [2.05, 4.69) is 10.3 Å². The highest BCUT2D eigenvalue weighted by Crippen LogP contribution is 2.19. The summed E-state index contributed by atoms with van der Waals surface area (Å²) in [5.41, 5.74) is 0. The summed E-state index contributed by atoms with van der Waals surface area (Å²) in [7, 11) is -1.56. The maximum absolute atomic E-state index is 12.2. The normalized spacial score (nSPS) is 22.1. The second kappa shape index (κ2) is 4.75. The molecule has 2 rings (SSSR count). The standard InChI is InChI=1S/C10H18N4O2S/c1-3-13-7-10(12-8-13)17(15,16)14-5-4-9(6-14)11-2/h7-9,11H,3-6H2,1-2H3. The second-order valence-electron chi connectivity index (χ2n) is 4.18. The Hall–Kier alpha value is -0.920. The fourth-order valence-corrected chi connectivity index (χ4v) is 3.40. The van der Waals surface area contributed by atoms with Crippen LogP contribution in [-0.4, -0.2) is 48.5 Å². The van der Waals surface area contributed by atoms with Gasteiger partial charge in [0.15, 0.2) is 5.03 Å². The van der Waals surface area contributed by atoms with Crippen LogP contribution in [0.5, 0.6) is 0 Å². The van der Waals surface area contributed by atoms with Gasteiger partial charge in [-0.15, -0.1) is 0 Å². The highest BCUT2D eigenvalue weighted by molar-refractivity contribution is 7.89. The smallest absolute Gasteiger partial charge is 0.262 e. The van der Waals surface area contributed by atoms with E-state index < -0.39 is 10.0 Å². The molecule has 6 nitrogen and oxygen atoms in total. The van der Waals surface area contributed by atoms with Crippen molar-refractivity contribution in [2.75, 3.05) is 20.1 Å². The molecule has 7 heteroatoms. The zero-order valence-corrected chi connectivity index (χ0v) is 10.9. The number of rotatable bonds is 4. The third-order valence-electron chi connectivity index (χ3n) is 3.14. The van der Waals surface area contributed by atoms with E-state index in [1.807, 2.05) is 14.0 Å². The van der Waals surface area contributed by atoms with Crippen molar-refractivity contribution in [1.29, 1.82) is 0 Å². The molecule has 0 aliphatic carbocycles. The molecule has 1 N–H and O–H groups in total. The van der Waals surface area contributed by atoms with Gasteiger partial charge in [-0.1, -0.05) is 0 Å². The largest absolute Gasteiger partial charge is 0.336 e. The monoisotopic (exact) mass is 258 g/mol. The second-order valence-corrected chi connectivity index (χ2v) is 6.06. The molecule has 0 amide bonds. The SMILES string of the molecule is CCn1cnc(S(=O)(=O)N2CCC(NC)C2)c1. The lowest BCUT2D eigenvalue weighted by molar-refractivity contribution is 0.462. The van der Waals surface area contributed by atoms with E-state index in [4.69, 9.17) is 0 Å². The zero-order chi connectivity index (χ0) is 12.5. The molecule has 0 aromatic carbocycles. The van der Waals surface area contributed by atoms with Crippen molar-refractivity contribution in [2.24, 2.45) is 0 Å². The Labute approximate surface area is 102 Å². The predicted molar refractivity (Wildman–Crippen MR) is 64.1 cm³/mol. The number of nitrogens with one attached hydrogen (secondary N) is 1. The van der Waals surface area contributed by atoms with Gasteiger partial charge < -0.3 is 9.88 Å². The van der Waals surface area contributed by atoms with Gasteiger partial charge in [0.05, 0.1) is 6.33 Å². The van der Waals surface area contributed by atoms with Crippen LogP contribution in [0.25, 0.3) is 0 Å². The van der Waals surface area contributed by atoms with E-state index in [9.17, 15) is 8.42 Å². The molecule has 1 aliphatic heterocycles. The van der Waals surface area contributed by atoms with E-state index in [0.29, 0.717) is 13.1 Å². The van der Waals surface area contributed by atoms with Crippen LogP contribution < -0.4 is 5.32 Å². The molecule has 0 bridgehead atoms. The molecular formula is C10H18N4O2S. The number of likely N-dealkylation sites (N-methyl/N-ethyl adjacent to an activating group) is 1. The molecule has 1 atom stereocenters. The lowest BCUT2D eigenvalue weighted by Gasteiger charge is -2.14. The van der Waals surface area contributed by atoms with Gasteiger partial charge in [0.1, 0.15) is 0 Å². The quantitative estimate of drug-likeness (QED) is 0.818. The van der Waals surface area contributed by atoms with Crippen LogP contribution in [0.4, 0.5) is 0 Å². The first-order valence-corrected chi connectivity index (χ1v) is 7.21. The molecule has 0 saturated carbocycles. The van der Waals surface area contributed by atoms with Crippen LogP contribution >= 0.6 is 0 Å². The minimum absolute atomic E-state index is 0.149. The first-order chi connectivity index (χ1) is 8.07. The summed E-state index contributed by atoms with van der Waals surface area (Å²) in [5.74, 6) is 0. The van der Waals surface area contributed by atoms with E-state index in [-0.39, 0.29) is 11.1 Å². The van der Waals surface area contributed by atoms with Crippen LogP contribution in [0.2, 0.25) is 0 Å². The highest BCUT2D eigenvalue weighted by atomic mass is 32.2. The lowest BCUT2D eigenvalue weighted by atomic mass is 10.3. The van der Waals surface area contributed by atoms with Crippen LogP contribution in [0, 0.1) is 0 Å². The Morgan fingerprint density at radius 3 is 2.88 bits per heavy atom. The number of nitrogens with zero attached hydrogens (tertiary/aromatic N) is 3. The van der Waals surface area contributed by atoms with Crippen LogP contribution in [0.3, 0.4) is 0 Å². The molecule has 17 heavy (non-hydrogen) atoms. The molecular weight excluding hydrogens is 240 g/mol. The van der Waals surface area contributed by atoms with Gasteiger partial charge in [-0.2, -0.15) is 4.31 Å². The summed E-state index contributed by atoms with van der Waals surface area (Å²) >= 11 is 0. The van der Waals surface area contributed by atoms with Crippen molar-refractivity contribution in [3.63, 3.8) is 0 Å². The number of hydrogen-bond donors (Lipinski definition) is 1. The average molecular weight is 258 g/mol. The molecule has 1 fully saturated rings. The van der Waals surface area contributed by atoms with Crippen molar-refractivity contribution in [2.45, 2.75) is 31.0 Å². The first-order valence-electron chi connectivity index (χ1n) is 5.77. The predicted octanol–water partition coefficient (Wildman–Crippen LogP) is -0.115. The zero-order valence-electron chi connectivity index (χ0n) is 10.1. The van der Waals surface area contributed by atoms with Crippen molar-refractivity contribution >= 4 is 10.0 Å². The van der Waals surface area contributed by atoms with Crippen molar-refractivity contribution in [1.82, 2.24) is 19.2 Å². The topological polar surface area (TPSA) is 67.2 Å². The fraction of sp³-hybridized carbons (Fsp3) is 0.700. The van der Waals surface area contributed by atoms with E-state index in [1.54, 1.807) is 17.1 Å². The molecule has 2 heterocycles. The first kappa shape index (κ1) is 12.5. The van der Waals surface area contributed by atoms with Crippen molar-refractivity contribution in [3.05, 3.63) is 12.5 Å². The van der Waals surface area contributed by atoms with E-state index in [1.165, 1.54) is 4.31 Å². The molecule has 1 aromatic heterocycles. The Morgan fingerprint density at radius 1 is 1.59 bits per heavy atom. The van der Waals surface area contributed by atoms with Gasteiger partial charge in [0, 0.05) is 31.9 Å². The number of hydrogen-bond acceptors (Lipinski definition) is 4. The van der Waals surface area contributed by atoms with E-state index in [0.717, 1.165) is 13.0 Å². The minimum Gasteiger partial charge on any atom is -0.336 e. The molecule has 1 saturated heterocycles. The third kappa shape index (κ3) is 2.36. The van der Waals surface area contributed by atoms with E-state index >= 15 is 0 Å². The lowest BCUT2D eigenvalue weighted by Crippen LogP contribution is -2.33. The van der Waals surface area contributed by atoms with Crippen molar-refractivity contribution in [3.8, 4) is 0 Å². The van der Waals surface area contributed by atoms with Gasteiger partial charge >= 0.3 is 0 Å².